The molecule has 0 aliphatic carbocycles. The zero-order chi connectivity index (χ0) is 11.3. The molecule has 0 aliphatic heterocycles. The fourth-order valence-corrected chi connectivity index (χ4v) is 1.09. The monoisotopic (exact) mass is 229 g/mol. The summed E-state index contributed by atoms with van der Waals surface area (Å²) in [4.78, 5) is 25.9. The lowest BCUT2D eigenvalue weighted by molar-refractivity contribution is 0.153. The van der Waals surface area contributed by atoms with Crippen LogP contribution in [0.3, 0.4) is 0 Å². The molecule has 0 bridgehead atoms. The number of hydrogen-bond donors (Lipinski definition) is 1. The summed E-state index contributed by atoms with van der Waals surface area (Å²) in [6, 6.07) is 1.36. The molecule has 1 heterocycles. The molecular formula is C8H11N3O3S. The Morgan fingerprint density at radius 3 is 3.07 bits per heavy atom. The molecule has 0 aromatic carbocycles. The van der Waals surface area contributed by atoms with Crippen LogP contribution in [0.1, 0.15) is 0 Å². The molecule has 6 nitrogen and oxygen atoms in total. The number of carbonyl (C=O) groups excluding carboxylic acids is 1. The first kappa shape index (κ1) is 11.6. The summed E-state index contributed by atoms with van der Waals surface area (Å²) in [6.07, 6.45) is 2.40. The van der Waals surface area contributed by atoms with Crippen LogP contribution in [0.25, 0.3) is 0 Å². The highest BCUT2D eigenvalue weighted by atomic mass is 32.2. The normalized spacial score (nSPS) is 9.93. The van der Waals surface area contributed by atoms with Crippen molar-refractivity contribution in [2.75, 3.05) is 24.3 Å². The molecule has 0 fully saturated rings. The number of thioether (sulfide) groups is 1. The highest BCUT2D eigenvalue weighted by Crippen LogP contribution is 1.94. The van der Waals surface area contributed by atoms with Crippen molar-refractivity contribution in [1.82, 2.24) is 9.55 Å². The van der Waals surface area contributed by atoms with Gasteiger partial charge in [-0.25, -0.2) is 14.2 Å². The number of carbonyl (C=O) groups is 1. The highest BCUT2D eigenvalue weighted by molar-refractivity contribution is 7.98. The van der Waals surface area contributed by atoms with Gasteiger partial charge in [0, 0.05) is 11.9 Å². The van der Waals surface area contributed by atoms with Crippen molar-refractivity contribution in [3.05, 3.63) is 22.7 Å². The average Bonchev–Trinajstić information content (AvgIpc) is 2.17. The zero-order valence-corrected chi connectivity index (χ0v) is 8.99. The van der Waals surface area contributed by atoms with E-state index in [-0.39, 0.29) is 12.4 Å². The van der Waals surface area contributed by atoms with Gasteiger partial charge in [0.05, 0.1) is 0 Å². The first-order chi connectivity index (χ1) is 7.15. The topological polar surface area (TPSA) is 87.2 Å². The van der Waals surface area contributed by atoms with Gasteiger partial charge in [0.2, 0.25) is 0 Å². The second-order valence-electron chi connectivity index (χ2n) is 2.61. The molecule has 0 unspecified atom stereocenters. The average molecular weight is 229 g/mol. The lowest BCUT2D eigenvalue weighted by atomic mass is 10.6. The molecule has 15 heavy (non-hydrogen) atoms. The van der Waals surface area contributed by atoms with E-state index in [4.69, 9.17) is 10.5 Å². The third-order valence-electron chi connectivity index (χ3n) is 1.53. The minimum absolute atomic E-state index is 0.0770. The van der Waals surface area contributed by atoms with Crippen LogP contribution in [-0.4, -0.2) is 34.3 Å². The quantitative estimate of drug-likeness (QED) is 0.743. The summed E-state index contributed by atoms with van der Waals surface area (Å²) in [5.74, 6) is 0.760. The first-order valence-corrected chi connectivity index (χ1v) is 5.56. The summed E-state index contributed by atoms with van der Waals surface area (Å²) in [5.41, 5.74) is 4.54. The summed E-state index contributed by atoms with van der Waals surface area (Å²) in [5, 5.41) is 0. The third kappa shape index (κ3) is 3.28. The van der Waals surface area contributed by atoms with Crippen molar-refractivity contribution in [2.45, 2.75) is 0 Å². The molecule has 0 radical (unpaired) electrons. The molecule has 1 aromatic heterocycles. The molecule has 0 saturated heterocycles. The molecule has 1 aromatic rings. The molecule has 7 heteroatoms. The molecule has 1 rings (SSSR count). The lowest BCUT2D eigenvalue weighted by Crippen LogP contribution is -2.30. The molecule has 0 saturated carbocycles. The third-order valence-corrected chi connectivity index (χ3v) is 2.11. The summed E-state index contributed by atoms with van der Waals surface area (Å²) in [6.45, 7) is 0.261. The number of nitrogen functional groups attached to an aromatic ring is 1. The Morgan fingerprint density at radius 1 is 1.73 bits per heavy atom. The maximum Gasteiger partial charge on any atom is 0.422 e. The Labute approximate surface area is 90.4 Å². The fourth-order valence-electron chi connectivity index (χ4n) is 0.837. The predicted octanol–water partition coefficient (Wildman–Crippen LogP) is 0.173. The Hall–Kier alpha value is -1.50. The second kappa shape index (κ2) is 5.40. The Bertz CT molecular complexity index is 404. The van der Waals surface area contributed by atoms with E-state index in [0.29, 0.717) is 5.75 Å². The lowest BCUT2D eigenvalue weighted by Gasteiger charge is -2.04. The first-order valence-electron chi connectivity index (χ1n) is 4.16. The highest BCUT2D eigenvalue weighted by Gasteiger charge is 2.08. The minimum Gasteiger partial charge on any atom is -0.448 e. The molecule has 0 spiro atoms. The number of nitrogens with zero attached hydrogens (tertiary/aromatic N) is 2. The second-order valence-corrected chi connectivity index (χ2v) is 3.60. The van der Waals surface area contributed by atoms with Crippen LogP contribution in [0.5, 0.6) is 0 Å². The van der Waals surface area contributed by atoms with E-state index in [2.05, 4.69) is 4.98 Å². The molecule has 82 valence electrons. The number of hydrogen-bond acceptors (Lipinski definition) is 6. The molecule has 2 N–H and O–H groups in total. The Morgan fingerprint density at radius 2 is 2.47 bits per heavy atom. The van der Waals surface area contributed by atoms with Crippen LogP contribution in [0.2, 0.25) is 0 Å². The van der Waals surface area contributed by atoms with Crippen LogP contribution in [0.4, 0.5) is 10.6 Å². The van der Waals surface area contributed by atoms with Crippen molar-refractivity contribution in [3.8, 4) is 0 Å². The maximum absolute atomic E-state index is 11.3. The number of anilines is 1. The molecule has 0 atom stereocenters. The van der Waals surface area contributed by atoms with E-state index in [1.54, 1.807) is 11.8 Å². The van der Waals surface area contributed by atoms with Crippen LogP contribution in [0, 0.1) is 0 Å². The van der Waals surface area contributed by atoms with Crippen molar-refractivity contribution in [1.29, 1.82) is 0 Å². The van der Waals surface area contributed by atoms with Gasteiger partial charge in [-0.15, -0.1) is 0 Å². The van der Waals surface area contributed by atoms with E-state index in [9.17, 15) is 9.59 Å². The standard InChI is InChI=1S/C8H11N3O3S/c1-15-5-4-14-8(13)11-3-2-6(9)10-7(11)12/h2-3H,4-5H2,1H3,(H2,9,10,12). The molecular weight excluding hydrogens is 218 g/mol. The van der Waals surface area contributed by atoms with Crippen LogP contribution >= 0.6 is 11.8 Å². The van der Waals surface area contributed by atoms with Crippen molar-refractivity contribution in [2.24, 2.45) is 0 Å². The maximum atomic E-state index is 11.3. The van der Waals surface area contributed by atoms with Crippen molar-refractivity contribution in [3.63, 3.8) is 0 Å². The molecule has 0 aliphatic rings. The van der Waals surface area contributed by atoms with Gasteiger partial charge in [0.25, 0.3) is 0 Å². The van der Waals surface area contributed by atoms with Gasteiger partial charge in [-0.3, -0.25) is 0 Å². The van der Waals surface area contributed by atoms with Gasteiger partial charge in [0.1, 0.15) is 12.4 Å². The Balaban J connectivity index is 2.70. The predicted molar refractivity (Wildman–Crippen MR) is 58.0 cm³/mol. The largest absolute Gasteiger partial charge is 0.448 e. The smallest absolute Gasteiger partial charge is 0.422 e. The van der Waals surface area contributed by atoms with Crippen molar-refractivity contribution < 1.29 is 9.53 Å². The zero-order valence-electron chi connectivity index (χ0n) is 8.17. The number of rotatable bonds is 3. The Kier molecular flexibility index (Phi) is 4.17. The summed E-state index contributed by atoms with van der Waals surface area (Å²) in [7, 11) is 0. The van der Waals surface area contributed by atoms with E-state index in [1.165, 1.54) is 12.3 Å². The number of nitrogens with two attached hydrogens (primary N) is 1. The summed E-state index contributed by atoms with van der Waals surface area (Å²) >= 11 is 1.55. The van der Waals surface area contributed by atoms with E-state index >= 15 is 0 Å². The van der Waals surface area contributed by atoms with Gasteiger partial charge >= 0.3 is 11.8 Å². The van der Waals surface area contributed by atoms with Crippen LogP contribution in [0.15, 0.2) is 17.1 Å². The number of ether oxygens (including phenoxy) is 1. The van der Waals surface area contributed by atoms with E-state index < -0.39 is 11.8 Å². The summed E-state index contributed by atoms with van der Waals surface area (Å²) < 4.78 is 5.59. The molecule has 0 amide bonds. The number of aromatic nitrogens is 2. The van der Waals surface area contributed by atoms with E-state index in [0.717, 1.165) is 4.57 Å². The van der Waals surface area contributed by atoms with Gasteiger partial charge in [0.15, 0.2) is 0 Å². The SMILES string of the molecule is CSCCOC(=O)n1ccc(N)nc1=O. The fraction of sp³-hybridized carbons (Fsp3) is 0.375. The van der Waals surface area contributed by atoms with Gasteiger partial charge < -0.3 is 10.5 Å². The van der Waals surface area contributed by atoms with E-state index in [1.807, 2.05) is 6.26 Å². The van der Waals surface area contributed by atoms with Crippen LogP contribution < -0.4 is 11.4 Å². The van der Waals surface area contributed by atoms with Gasteiger partial charge in [-0.05, 0) is 12.3 Å². The van der Waals surface area contributed by atoms with Crippen LogP contribution in [-0.2, 0) is 4.74 Å². The van der Waals surface area contributed by atoms with Gasteiger partial charge in [-0.2, -0.15) is 16.7 Å². The van der Waals surface area contributed by atoms with Crippen molar-refractivity contribution >= 4 is 23.7 Å². The van der Waals surface area contributed by atoms with Gasteiger partial charge in [-0.1, -0.05) is 0 Å². The minimum atomic E-state index is -0.735.